The van der Waals surface area contributed by atoms with Crippen LogP contribution in [0, 0.1) is 11.6 Å². The van der Waals surface area contributed by atoms with E-state index < -0.39 is 17.2 Å². The molecule has 0 saturated heterocycles. The Hall–Kier alpha value is -2.76. The van der Waals surface area contributed by atoms with Gasteiger partial charge in [-0.3, -0.25) is 4.79 Å². The number of halogens is 2. The molecule has 3 rings (SSSR count). The van der Waals surface area contributed by atoms with Gasteiger partial charge in [0.2, 0.25) is 0 Å². The Bertz CT molecular complexity index is 758. The van der Waals surface area contributed by atoms with Crippen LogP contribution in [0.5, 0.6) is 5.75 Å². The second kappa shape index (κ2) is 5.32. The number of hydrogen-bond acceptors (Lipinski definition) is 3. The molecule has 1 heterocycles. The van der Waals surface area contributed by atoms with Crippen molar-refractivity contribution in [2.45, 2.75) is 6.61 Å². The maximum absolute atomic E-state index is 13.4. The maximum atomic E-state index is 13.4. The lowest BCUT2D eigenvalue weighted by atomic mass is 10.2. The highest BCUT2D eigenvalue weighted by Gasteiger charge is 2.11. The number of aldehydes is 1. The number of ether oxygens (including phenoxy) is 1. The number of nitrogens with one attached hydrogen (secondary N) is 1. The van der Waals surface area contributed by atoms with E-state index in [-0.39, 0.29) is 18.6 Å². The van der Waals surface area contributed by atoms with Crippen molar-refractivity contribution in [1.82, 2.24) is 9.97 Å². The molecular weight excluding hydrogens is 278 g/mol. The molecule has 1 aromatic heterocycles. The Morgan fingerprint density at radius 1 is 1.19 bits per heavy atom. The van der Waals surface area contributed by atoms with Gasteiger partial charge >= 0.3 is 0 Å². The van der Waals surface area contributed by atoms with E-state index in [0.29, 0.717) is 5.82 Å². The molecule has 0 unspecified atom stereocenters. The van der Waals surface area contributed by atoms with Crippen LogP contribution in [-0.4, -0.2) is 16.3 Å². The second-order valence-corrected chi connectivity index (χ2v) is 4.41. The zero-order chi connectivity index (χ0) is 14.8. The first-order valence-corrected chi connectivity index (χ1v) is 6.18. The Kier molecular flexibility index (Phi) is 3.35. The Labute approximate surface area is 118 Å². The predicted octanol–water partition coefficient (Wildman–Crippen LogP) is 3.23. The van der Waals surface area contributed by atoms with Gasteiger partial charge in [0.05, 0.1) is 16.6 Å². The number of aromatic amines is 1. The fourth-order valence-corrected chi connectivity index (χ4v) is 1.98. The summed E-state index contributed by atoms with van der Waals surface area (Å²) in [6.07, 6.45) is 0.133. The minimum absolute atomic E-state index is 0.00365. The SMILES string of the molecule is O=Cc1c(F)cc(OCc2nc3ccccc3[nH]2)cc1F. The smallest absolute Gasteiger partial charge is 0.155 e. The van der Waals surface area contributed by atoms with Crippen LogP contribution in [0.4, 0.5) is 8.78 Å². The fourth-order valence-electron chi connectivity index (χ4n) is 1.98. The highest BCUT2D eigenvalue weighted by Crippen LogP contribution is 2.20. The highest BCUT2D eigenvalue weighted by atomic mass is 19.1. The summed E-state index contributed by atoms with van der Waals surface area (Å²) in [7, 11) is 0. The molecule has 21 heavy (non-hydrogen) atoms. The Morgan fingerprint density at radius 2 is 1.90 bits per heavy atom. The van der Waals surface area contributed by atoms with Crippen molar-refractivity contribution < 1.29 is 18.3 Å². The number of para-hydroxylation sites is 2. The molecule has 0 bridgehead atoms. The van der Waals surface area contributed by atoms with Gasteiger partial charge in [0, 0.05) is 12.1 Å². The number of nitrogens with zero attached hydrogens (tertiary/aromatic N) is 1. The number of H-pyrrole nitrogens is 1. The molecule has 106 valence electrons. The molecule has 6 heteroatoms. The summed E-state index contributed by atoms with van der Waals surface area (Å²) in [6, 6.07) is 9.37. The molecule has 0 aliphatic heterocycles. The zero-order valence-corrected chi connectivity index (χ0v) is 10.8. The largest absolute Gasteiger partial charge is 0.485 e. The van der Waals surface area contributed by atoms with Crippen LogP contribution in [-0.2, 0) is 6.61 Å². The van der Waals surface area contributed by atoms with E-state index in [2.05, 4.69) is 9.97 Å². The van der Waals surface area contributed by atoms with Crippen LogP contribution in [0.3, 0.4) is 0 Å². The number of benzene rings is 2. The molecule has 0 amide bonds. The summed E-state index contributed by atoms with van der Waals surface area (Å²) in [5.41, 5.74) is 1.03. The highest BCUT2D eigenvalue weighted by molar-refractivity contribution is 5.76. The summed E-state index contributed by atoms with van der Waals surface area (Å²) in [4.78, 5) is 17.8. The van der Waals surface area contributed by atoms with Crippen LogP contribution in [0.2, 0.25) is 0 Å². The summed E-state index contributed by atoms with van der Waals surface area (Å²) >= 11 is 0. The van der Waals surface area contributed by atoms with Crippen LogP contribution in [0.25, 0.3) is 11.0 Å². The molecular formula is C15H10F2N2O2. The molecule has 0 fully saturated rings. The lowest BCUT2D eigenvalue weighted by Gasteiger charge is -2.06. The van der Waals surface area contributed by atoms with E-state index in [0.717, 1.165) is 23.2 Å². The molecule has 0 spiro atoms. The Morgan fingerprint density at radius 3 is 2.57 bits per heavy atom. The van der Waals surface area contributed by atoms with E-state index in [9.17, 15) is 13.6 Å². The third-order valence-electron chi connectivity index (χ3n) is 2.98. The van der Waals surface area contributed by atoms with Crippen molar-refractivity contribution >= 4 is 17.3 Å². The van der Waals surface area contributed by atoms with Crippen molar-refractivity contribution in [2.75, 3.05) is 0 Å². The van der Waals surface area contributed by atoms with Gasteiger partial charge in [-0.15, -0.1) is 0 Å². The van der Waals surface area contributed by atoms with Crippen molar-refractivity contribution in [2.24, 2.45) is 0 Å². The lowest BCUT2D eigenvalue weighted by molar-refractivity contribution is 0.111. The molecule has 0 radical (unpaired) electrons. The molecule has 0 saturated carbocycles. The third kappa shape index (κ3) is 2.60. The second-order valence-electron chi connectivity index (χ2n) is 4.41. The minimum Gasteiger partial charge on any atom is -0.485 e. The van der Waals surface area contributed by atoms with Crippen molar-refractivity contribution in [3.8, 4) is 5.75 Å². The standard InChI is InChI=1S/C15H10F2N2O2/c16-11-5-9(6-12(17)10(11)7-20)21-8-15-18-13-3-1-2-4-14(13)19-15/h1-7H,8H2,(H,18,19). The Balaban J connectivity index is 1.79. The molecule has 0 aliphatic rings. The third-order valence-corrected chi connectivity index (χ3v) is 2.98. The van der Waals surface area contributed by atoms with E-state index in [4.69, 9.17) is 4.74 Å². The van der Waals surface area contributed by atoms with E-state index in [1.807, 2.05) is 24.3 Å². The van der Waals surface area contributed by atoms with Crippen molar-refractivity contribution in [3.63, 3.8) is 0 Å². The van der Waals surface area contributed by atoms with E-state index >= 15 is 0 Å². The number of fused-ring (bicyclic) bond motifs is 1. The summed E-state index contributed by atoms with van der Waals surface area (Å²) < 4.78 is 32.2. The quantitative estimate of drug-likeness (QED) is 0.750. The number of carbonyl (C=O) groups excluding carboxylic acids is 1. The van der Waals surface area contributed by atoms with Crippen LogP contribution < -0.4 is 4.74 Å². The van der Waals surface area contributed by atoms with Gasteiger partial charge < -0.3 is 9.72 Å². The van der Waals surface area contributed by atoms with Crippen molar-refractivity contribution in [1.29, 1.82) is 0 Å². The number of aromatic nitrogens is 2. The zero-order valence-electron chi connectivity index (χ0n) is 10.8. The van der Waals surface area contributed by atoms with Gasteiger partial charge in [-0.1, -0.05) is 12.1 Å². The average molecular weight is 288 g/mol. The number of hydrogen-bond donors (Lipinski definition) is 1. The van der Waals surface area contributed by atoms with Gasteiger partial charge in [-0.25, -0.2) is 13.8 Å². The van der Waals surface area contributed by atoms with Gasteiger partial charge in [-0.05, 0) is 12.1 Å². The monoisotopic (exact) mass is 288 g/mol. The normalized spacial score (nSPS) is 10.8. The summed E-state index contributed by atoms with van der Waals surface area (Å²) in [6.45, 7) is 0.0357. The van der Waals surface area contributed by atoms with Gasteiger partial charge in [0.15, 0.2) is 6.29 Å². The van der Waals surface area contributed by atoms with E-state index in [1.54, 1.807) is 0 Å². The molecule has 0 atom stereocenters. The molecule has 0 aliphatic carbocycles. The number of imidazole rings is 1. The molecule has 4 nitrogen and oxygen atoms in total. The minimum atomic E-state index is -0.954. The average Bonchev–Trinajstić information content (AvgIpc) is 2.87. The van der Waals surface area contributed by atoms with Crippen LogP contribution in [0.15, 0.2) is 36.4 Å². The maximum Gasteiger partial charge on any atom is 0.155 e. The molecule has 2 aromatic carbocycles. The first-order chi connectivity index (χ1) is 10.2. The number of rotatable bonds is 4. The number of carbonyl (C=O) groups is 1. The first kappa shape index (κ1) is 13.2. The predicted molar refractivity (Wildman–Crippen MR) is 72.2 cm³/mol. The van der Waals surface area contributed by atoms with Crippen LogP contribution in [0.1, 0.15) is 16.2 Å². The lowest BCUT2D eigenvalue weighted by Crippen LogP contribution is -2.00. The molecule has 3 aromatic rings. The van der Waals surface area contributed by atoms with Gasteiger partial charge in [0.25, 0.3) is 0 Å². The first-order valence-electron chi connectivity index (χ1n) is 6.18. The topological polar surface area (TPSA) is 55.0 Å². The van der Waals surface area contributed by atoms with Gasteiger partial charge in [-0.2, -0.15) is 0 Å². The summed E-state index contributed by atoms with van der Waals surface area (Å²) in [5, 5.41) is 0. The molecule has 1 N–H and O–H groups in total. The summed E-state index contributed by atoms with van der Waals surface area (Å²) in [5.74, 6) is -1.37. The van der Waals surface area contributed by atoms with E-state index in [1.165, 1.54) is 0 Å². The van der Waals surface area contributed by atoms with Crippen LogP contribution >= 0.6 is 0 Å². The van der Waals surface area contributed by atoms with Gasteiger partial charge in [0.1, 0.15) is 29.8 Å². The van der Waals surface area contributed by atoms with Crippen molar-refractivity contribution in [3.05, 3.63) is 59.4 Å². The fraction of sp³-hybridized carbons (Fsp3) is 0.0667.